The molecule has 0 unspecified atom stereocenters. The van der Waals surface area contributed by atoms with Gasteiger partial charge in [-0.05, 0) is 47.9 Å². The summed E-state index contributed by atoms with van der Waals surface area (Å²) < 4.78 is 29.7. The van der Waals surface area contributed by atoms with Crippen LogP contribution in [0.2, 0.25) is 0 Å². The van der Waals surface area contributed by atoms with Crippen LogP contribution in [0.5, 0.6) is 5.75 Å². The summed E-state index contributed by atoms with van der Waals surface area (Å²) in [6.45, 7) is 0.901. The van der Waals surface area contributed by atoms with Crippen molar-refractivity contribution in [2.24, 2.45) is 0 Å². The third kappa shape index (κ3) is 4.21. The summed E-state index contributed by atoms with van der Waals surface area (Å²) in [5, 5.41) is 20.0. The first kappa shape index (κ1) is 22.5. The largest absolute Gasteiger partial charge is 0.507 e. The minimum Gasteiger partial charge on any atom is -0.507 e. The molecule has 0 saturated carbocycles. The van der Waals surface area contributed by atoms with E-state index in [2.05, 4.69) is 4.98 Å². The maximum absolute atomic E-state index is 14.4. The van der Waals surface area contributed by atoms with Crippen molar-refractivity contribution in [1.29, 1.82) is 0 Å². The minimum absolute atomic E-state index is 0.00609. The lowest BCUT2D eigenvalue weighted by Crippen LogP contribution is -2.37. The first-order valence-electron chi connectivity index (χ1n) is 11.0. The lowest BCUT2D eigenvalue weighted by molar-refractivity contribution is -0.131. The van der Waals surface area contributed by atoms with Crippen molar-refractivity contribution in [1.82, 2.24) is 14.5 Å². The number of carboxylic acids is 1. The van der Waals surface area contributed by atoms with E-state index < -0.39 is 23.4 Å². The number of hydrogen-bond acceptors (Lipinski definition) is 4. The molecule has 0 saturated heterocycles. The van der Waals surface area contributed by atoms with Gasteiger partial charge in [0.25, 0.3) is 0 Å². The zero-order chi connectivity index (χ0) is 24.7. The van der Waals surface area contributed by atoms with Gasteiger partial charge < -0.3 is 19.7 Å². The zero-order valence-electron chi connectivity index (χ0n) is 18.5. The third-order valence-corrected chi connectivity index (χ3v) is 6.36. The molecule has 9 heteroatoms. The molecule has 0 spiro atoms. The number of rotatable bonds is 5. The lowest BCUT2D eigenvalue weighted by atomic mass is 10.0. The number of nitrogens with zero attached hydrogens (tertiary/aromatic N) is 3. The van der Waals surface area contributed by atoms with Crippen LogP contribution in [0.25, 0.3) is 11.0 Å². The summed E-state index contributed by atoms with van der Waals surface area (Å²) >= 11 is 0. The molecular formula is C26H21F2N3O4. The van der Waals surface area contributed by atoms with E-state index in [-0.39, 0.29) is 31.0 Å². The Balaban J connectivity index is 1.44. The summed E-state index contributed by atoms with van der Waals surface area (Å²) in [5.41, 5.74) is 3.14. The monoisotopic (exact) mass is 477 g/mol. The van der Waals surface area contributed by atoms with E-state index in [9.17, 15) is 23.5 Å². The van der Waals surface area contributed by atoms with Gasteiger partial charge in [-0.15, -0.1) is 0 Å². The van der Waals surface area contributed by atoms with Crippen LogP contribution in [0.3, 0.4) is 0 Å². The van der Waals surface area contributed by atoms with Crippen LogP contribution in [0.4, 0.5) is 8.78 Å². The van der Waals surface area contributed by atoms with Crippen molar-refractivity contribution in [3.8, 4) is 5.75 Å². The lowest BCUT2D eigenvalue weighted by Gasteiger charge is -2.29. The predicted molar refractivity (Wildman–Crippen MR) is 123 cm³/mol. The number of aromatic hydroxyl groups is 1. The number of carbonyl (C=O) groups is 2. The van der Waals surface area contributed by atoms with E-state index in [1.165, 1.54) is 30.3 Å². The first-order valence-corrected chi connectivity index (χ1v) is 11.0. The van der Waals surface area contributed by atoms with Gasteiger partial charge in [0.2, 0.25) is 5.91 Å². The Hall–Kier alpha value is -4.27. The van der Waals surface area contributed by atoms with Gasteiger partial charge in [-0.3, -0.25) is 4.79 Å². The molecule has 178 valence electrons. The normalized spacial score (nSPS) is 13.1. The molecule has 0 atom stereocenters. The first-order chi connectivity index (χ1) is 16.8. The van der Waals surface area contributed by atoms with Crippen molar-refractivity contribution in [2.75, 3.05) is 6.54 Å². The second-order valence-corrected chi connectivity index (χ2v) is 8.52. The van der Waals surface area contributed by atoms with E-state index in [0.717, 1.165) is 22.7 Å². The molecule has 7 nitrogen and oxygen atoms in total. The smallest absolute Gasteiger partial charge is 0.339 e. The third-order valence-electron chi connectivity index (χ3n) is 6.36. The molecular weight excluding hydrogens is 456 g/mol. The molecule has 0 radical (unpaired) electrons. The standard InChI is InChI=1S/C26H21F2N3O4/c27-17-5-4-16(21(28)12-17)13-31-22-14-30(9-7-18(22)19-2-1-8-29-25(19)31)24(33)11-15-3-6-20(26(34)35)23(32)10-15/h1-6,8,10,12,32H,7,9,11,13-14H2,(H,34,35). The maximum atomic E-state index is 14.4. The Kier molecular flexibility index (Phi) is 5.68. The zero-order valence-corrected chi connectivity index (χ0v) is 18.5. The SMILES string of the molecule is O=C(O)c1ccc(CC(=O)N2CCc3c(n(Cc4ccc(F)cc4F)c4ncccc34)C2)cc1O. The van der Waals surface area contributed by atoms with Gasteiger partial charge in [0, 0.05) is 35.5 Å². The Morgan fingerprint density at radius 1 is 1.09 bits per heavy atom. The van der Waals surface area contributed by atoms with Crippen LogP contribution in [0.15, 0.2) is 54.7 Å². The van der Waals surface area contributed by atoms with Gasteiger partial charge in [0.15, 0.2) is 0 Å². The number of aromatic nitrogens is 2. The predicted octanol–water partition coefficient (Wildman–Crippen LogP) is 3.89. The van der Waals surface area contributed by atoms with Crippen LogP contribution >= 0.6 is 0 Å². The number of aromatic carboxylic acids is 1. The van der Waals surface area contributed by atoms with Gasteiger partial charge >= 0.3 is 5.97 Å². The summed E-state index contributed by atoms with van der Waals surface area (Å²) in [4.78, 5) is 30.4. The topological polar surface area (TPSA) is 95.7 Å². The number of hydrogen-bond donors (Lipinski definition) is 2. The van der Waals surface area contributed by atoms with Crippen molar-refractivity contribution in [2.45, 2.75) is 25.9 Å². The molecule has 5 rings (SSSR count). The van der Waals surface area contributed by atoms with Crippen LogP contribution < -0.4 is 0 Å². The number of fused-ring (bicyclic) bond motifs is 3. The number of phenols is 1. The molecule has 0 fully saturated rings. The fourth-order valence-electron chi connectivity index (χ4n) is 4.62. The van der Waals surface area contributed by atoms with E-state index in [0.29, 0.717) is 29.7 Å². The van der Waals surface area contributed by atoms with Crippen molar-refractivity contribution in [3.05, 3.63) is 94.3 Å². The van der Waals surface area contributed by atoms with Gasteiger partial charge in [0.1, 0.15) is 28.6 Å². The number of amides is 1. The highest BCUT2D eigenvalue weighted by Crippen LogP contribution is 2.31. The molecule has 4 aromatic rings. The number of pyridine rings is 1. The van der Waals surface area contributed by atoms with Gasteiger partial charge in [0.05, 0.1) is 19.5 Å². The van der Waals surface area contributed by atoms with Gasteiger partial charge in [-0.1, -0.05) is 12.1 Å². The fraction of sp³-hybridized carbons (Fsp3) is 0.192. The molecule has 3 heterocycles. The van der Waals surface area contributed by atoms with Crippen LogP contribution in [-0.4, -0.2) is 43.1 Å². The molecule has 2 N–H and O–H groups in total. The highest BCUT2D eigenvalue weighted by molar-refractivity contribution is 5.91. The average molecular weight is 477 g/mol. The van der Waals surface area contributed by atoms with Crippen LogP contribution in [-0.2, 0) is 30.7 Å². The Labute approximate surface area is 198 Å². The highest BCUT2D eigenvalue weighted by atomic mass is 19.1. The number of benzene rings is 2. The van der Waals surface area contributed by atoms with Crippen molar-refractivity contribution in [3.63, 3.8) is 0 Å². The molecule has 2 aromatic carbocycles. The van der Waals surface area contributed by atoms with Gasteiger partial charge in [-0.2, -0.15) is 0 Å². The molecule has 0 bridgehead atoms. The summed E-state index contributed by atoms with van der Waals surface area (Å²) in [7, 11) is 0. The Morgan fingerprint density at radius 2 is 1.91 bits per heavy atom. The Bertz CT molecular complexity index is 1480. The maximum Gasteiger partial charge on any atom is 0.339 e. The molecule has 1 amide bonds. The quantitative estimate of drug-likeness (QED) is 0.455. The summed E-state index contributed by atoms with van der Waals surface area (Å²) in [5.74, 6) is -3.12. The van der Waals surface area contributed by atoms with E-state index in [1.54, 1.807) is 11.1 Å². The second kappa shape index (κ2) is 8.83. The Morgan fingerprint density at radius 3 is 2.66 bits per heavy atom. The highest BCUT2D eigenvalue weighted by Gasteiger charge is 2.27. The van der Waals surface area contributed by atoms with Crippen molar-refractivity contribution < 1.29 is 28.6 Å². The van der Waals surface area contributed by atoms with Gasteiger partial charge in [-0.25, -0.2) is 18.6 Å². The molecule has 1 aliphatic heterocycles. The molecule has 1 aliphatic rings. The second-order valence-electron chi connectivity index (χ2n) is 8.52. The van der Waals surface area contributed by atoms with Crippen LogP contribution in [0, 0.1) is 11.6 Å². The average Bonchev–Trinajstić information content (AvgIpc) is 3.13. The number of carboxylic acid groups (broad SMARTS) is 1. The number of carbonyl (C=O) groups excluding carboxylic acids is 1. The van der Waals surface area contributed by atoms with Crippen molar-refractivity contribution >= 4 is 22.9 Å². The molecule has 2 aromatic heterocycles. The minimum atomic E-state index is -1.25. The van der Waals surface area contributed by atoms with E-state index in [4.69, 9.17) is 5.11 Å². The van der Waals surface area contributed by atoms with E-state index >= 15 is 0 Å². The summed E-state index contributed by atoms with van der Waals surface area (Å²) in [6.07, 6.45) is 2.24. The molecule has 0 aliphatic carbocycles. The van der Waals surface area contributed by atoms with Crippen LogP contribution in [0.1, 0.15) is 32.7 Å². The fourth-order valence-corrected chi connectivity index (χ4v) is 4.62. The molecule has 35 heavy (non-hydrogen) atoms. The number of halogens is 2. The summed E-state index contributed by atoms with van der Waals surface area (Å²) in [6, 6.07) is 11.3. The van der Waals surface area contributed by atoms with E-state index in [1.807, 2.05) is 16.7 Å².